The Morgan fingerprint density at radius 2 is 2.50 bits per heavy atom. The normalized spacial score (nSPS) is 15.9. The smallest absolute Gasteiger partial charge is 0.0864 e. The van der Waals surface area contributed by atoms with Crippen molar-refractivity contribution in [3.8, 4) is 0 Å². The summed E-state index contributed by atoms with van der Waals surface area (Å²) in [6.45, 7) is 0.281. The van der Waals surface area contributed by atoms with Crippen molar-refractivity contribution in [2.45, 2.75) is 12.1 Å². The van der Waals surface area contributed by atoms with Gasteiger partial charge in [0.1, 0.15) is 0 Å². The second-order valence-electron chi connectivity index (χ2n) is 2.58. The van der Waals surface area contributed by atoms with E-state index in [4.69, 9.17) is 5.73 Å². The van der Waals surface area contributed by atoms with E-state index in [2.05, 4.69) is 5.32 Å². The first-order chi connectivity index (χ1) is 5.79. The van der Waals surface area contributed by atoms with E-state index in [9.17, 15) is 5.11 Å². The molecular formula is C8H14N2OS. The summed E-state index contributed by atoms with van der Waals surface area (Å²) in [6, 6.07) is 3.92. The summed E-state index contributed by atoms with van der Waals surface area (Å²) in [5.41, 5.74) is 5.37. The summed E-state index contributed by atoms with van der Waals surface area (Å²) in [5.74, 6) is 0. The third-order valence-electron chi connectivity index (χ3n) is 1.79. The molecule has 0 spiro atoms. The number of aliphatic hydroxyl groups is 1. The van der Waals surface area contributed by atoms with Crippen molar-refractivity contribution in [3.63, 3.8) is 0 Å². The van der Waals surface area contributed by atoms with Gasteiger partial charge in [-0.15, -0.1) is 11.3 Å². The maximum Gasteiger partial charge on any atom is 0.0864 e. The highest BCUT2D eigenvalue weighted by Gasteiger charge is 2.18. The van der Waals surface area contributed by atoms with Gasteiger partial charge in [0.05, 0.1) is 12.1 Å². The number of likely N-dealkylation sites (N-methyl/N-ethyl adjacent to an activating group) is 1. The number of thiophene rings is 1. The monoisotopic (exact) mass is 186 g/mol. The number of aliphatic hydroxyl groups excluding tert-OH is 1. The van der Waals surface area contributed by atoms with Gasteiger partial charge < -0.3 is 16.2 Å². The number of nitrogens with two attached hydrogens (primary N) is 1. The van der Waals surface area contributed by atoms with Crippen molar-refractivity contribution < 1.29 is 5.11 Å². The molecule has 0 bridgehead atoms. The molecule has 1 rings (SSSR count). The fraction of sp³-hybridized carbons (Fsp3) is 0.500. The predicted molar refractivity (Wildman–Crippen MR) is 51.2 cm³/mol. The fourth-order valence-corrected chi connectivity index (χ4v) is 2.02. The Labute approximate surface area is 76.2 Å². The lowest BCUT2D eigenvalue weighted by molar-refractivity contribution is 0.140. The molecule has 0 fully saturated rings. The van der Waals surface area contributed by atoms with Crippen molar-refractivity contribution in [3.05, 3.63) is 22.4 Å². The second-order valence-corrected chi connectivity index (χ2v) is 3.56. The topological polar surface area (TPSA) is 58.3 Å². The molecule has 1 aromatic heterocycles. The molecule has 1 heterocycles. The summed E-state index contributed by atoms with van der Waals surface area (Å²) >= 11 is 1.62. The summed E-state index contributed by atoms with van der Waals surface area (Å²) in [6.07, 6.45) is -0.506. The van der Waals surface area contributed by atoms with Crippen LogP contribution >= 0.6 is 11.3 Å². The van der Waals surface area contributed by atoms with Crippen molar-refractivity contribution >= 4 is 11.3 Å². The first kappa shape index (κ1) is 9.67. The molecule has 4 heteroatoms. The average molecular weight is 186 g/mol. The molecule has 0 aromatic carbocycles. The van der Waals surface area contributed by atoms with Crippen LogP contribution in [0.15, 0.2) is 17.5 Å². The summed E-state index contributed by atoms with van der Waals surface area (Å²) in [4.78, 5) is 1.12. The molecule has 68 valence electrons. The molecule has 0 saturated heterocycles. The zero-order valence-electron chi connectivity index (χ0n) is 7.03. The van der Waals surface area contributed by atoms with Gasteiger partial charge in [0.15, 0.2) is 0 Å². The maximum absolute atomic E-state index is 9.51. The van der Waals surface area contributed by atoms with Crippen molar-refractivity contribution in [1.29, 1.82) is 0 Å². The number of hydrogen-bond acceptors (Lipinski definition) is 4. The third-order valence-corrected chi connectivity index (χ3v) is 2.74. The largest absolute Gasteiger partial charge is 0.390 e. The highest BCUT2D eigenvalue weighted by atomic mass is 32.1. The van der Waals surface area contributed by atoms with E-state index < -0.39 is 6.10 Å². The third kappa shape index (κ3) is 2.04. The minimum Gasteiger partial charge on any atom is -0.390 e. The van der Waals surface area contributed by atoms with E-state index in [0.717, 1.165) is 4.88 Å². The Kier molecular flexibility index (Phi) is 3.68. The Hall–Kier alpha value is -0.420. The van der Waals surface area contributed by atoms with E-state index in [-0.39, 0.29) is 12.6 Å². The van der Waals surface area contributed by atoms with Gasteiger partial charge in [-0.25, -0.2) is 0 Å². The van der Waals surface area contributed by atoms with Gasteiger partial charge in [-0.2, -0.15) is 0 Å². The maximum atomic E-state index is 9.51. The number of hydrogen-bond donors (Lipinski definition) is 3. The first-order valence-corrected chi connectivity index (χ1v) is 4.76. The van der Waals surface area contributed by atoms with Gasteiger partial charge in [-0.05, 0) is 18.5 Å². The van der Waals surface area contributed by atoms with Gasteiger partial charge >= 0.3 is 0 Å². The molecule has 4 N–H and O–H groups in total. The summed E-state index contributed by atoms with van der Waals surface area (Å²) in [5, 5.41) is 14.5. The van der Waals surface area contributed by atoms with Crippen LogP contribution in [0, 0.1) is 0 Å². The van der Waals surface area contributed by atoms with Crippen molar-refractivity contribution in [1.82, 2.24) is 5.32 Å². The van der Waals surface area contributed by atoms with Crippen molar-refractivity contribution in [2.24, 2.45) is 5.73 Å². The molecule has 12 heavy (non-hydrogen) atoms. The van der Waals surface area contributed by atoms with Gasteiger partial charge in [0, 0.05) is 11.4 Å². The van der Waals surface area contributed by atoms with E-state index in [1.807, 2.05) is 24.6 Å². The van der Waals surface area contributed by atoms with E-state index in [0.29, 0.717) is 0 Å². The van der Waals surface area contributed by atoms with Gasteiger partial charge in [-0.1, -0.05) is 6.07 Å². The van der Waals surface area contributed by atoms with Crippen LogP contribution in [0.2, 0.25) is 0 Å². The van der Waals surface area contributed by atoms with Crippen LogP contribution in [-0.2, 0) is 0 Å². The van der Waals surface area contributed by atoms with Gasteiger partial charge in [0.25, 0.3) is 0 Å². The summed E-state index contributed by atoms with van der Waals surface area (Å²) in [7, 11) is 1.82. The van der Waals surface area contributed by atoms with Crippen molar-refractivity contribution in [2.75, 3.05) is 13.6 Å². The molecule has 2 unspecified atom stereocenters. The lowest BCUT2D eigenvalue weighted by Crippen LogP contribution is -2.34. The predicted octanol–water partition coefficient (Wildman–Crippen LogP) is 0.328. The molecular weight excluding hydrogens is 172 g/mol. The summed E-state index contributed by atoms with van der Waals surface area (Å²) < 4.78 is 0. The Bertz CT molecular complexity index is 213. The molecule has 0 aliphatic carbocycles. The number of rotatable bonds is 4. The highest BCUT2D eigenvalue weighted by Crippen LogP contribution is 2.20. The molecule has 0 aliphatic rings. The molecule has 2 atom stereocenters. The quantitative estimate of drug-likeness (QED) is 0.635. The van der Waals surface area contributed by atoms with Crippen LogP contribution in [0.4, 0.5) is 0 Å². The standard InChI is InChI=1S/C8H14N2OS/c1-10-8(6(11)5-9)7-3-2-4-12-7/h2-4,6,8,10-11H,5,9H2,1H3. The molecule has 0 radical (unpaired) electrons. The minimum atomic E-state index is -0.506. The molecule has 0 saturated carbocycles. The Morgan fingerprint density at radius 3 is 2.92 bits per heavy atom. The van der Waals surface area contributed by atoms with Gasteiger partial charge in [0.2, 0.25) is 0 Å². The van der Waals surface area contributed by atoms with E-state index in [1.54, 1.807) is 11.3 Å². The van der Waals surface area contributed by atoms with Crippen LogP contribution in [0.25, 0.3) is 0 Å². The SMILES string of the molecule is CNC(c1cccs1)C(O)CN. The first-order valence-electron chi connectivity index (χ1n) is 3.88. The van der Waals surface area contributed by atoms with Crippen LogP contribution in [-0.4, -0.2) is 24.8 Å². The van der Waals surface area contributed by atoms with Gasteiger partial charge in [-0.3, -0.25) is 0 Å². The van der Waals surface area contributed by atoms with Crippen LogP contribution < -0.4 is 11.1 Å². The lowest BCUT2D eigenvalue weighted by Gasteiger charge is -2.19. The van der Waals surface area contributed by atoms with Crippen LogP contribution in [0.1, 0.15) is 10.9 Å². The van der Waals surface area contributed by atoms with E-state index in [1.165, 1.54) is 0 Å². The van der Waals surface area contributed by atoms with Crippen LogP contribution in [0.5, 0.6) is 0 Å². The molecule has 3 nitrogen and oxygen atoms in total. The lowest BCUT2D eigenvalue weighted by atomic mass is 10.1. The van der Waals surface area contributed by atoms with E-state index >= 15 is 0 Å². The Balaban J connectivity index is 2.69. The zero-order valence-corrected chi connectivity index (χ0v) is 7.84. The second kappa shape index (κ2) is 4.57. The minimum absolute atomic E-state index is 0.0324. The highest BCUT2D eigenvalue weighted by molar-refractivity contribution is 7.10. The zero-order chi connectivity index (χ0) is 8.97. The molecule has 0 amide bonds. The van der Waals surface area contributed by atoms with Crippen LogP contribution in [0.3, 0.4) is 0 Å². The molecule has 1 aromatic rings. The Morgan fingerprint density at radius 1 is 1.75 bits per heavy atom. The number of nitrogens with one attached hydrogen (secondary N) is 1. The average Bonchev–Trinajstić information content (AvgIpc) is 2.58. The fourth-order valence-electron chi connectivity index (χ4n) is 1.13. The molecule has 0 aliphatic heterocycles.